The summed E-state index contributed by atoms with van der Waals surface area (Å²) >= 11 is 0. The number of aliphatic imine (C=N–C) groups is 1. The third kappa shape index (κ3) is 5.30. The number of nitrogens with zero attached hydrogens (tertiary/aromatic N) is 2. The lowest BCUT2D eigenvalue weighted by atomic mass is 9.94. The lowest BCUT2D eigenvalue weighted by Crippen LogP contribution is -2.33. The van der Waals surface area contributed by atoms with Crippen molar-refractivity contribution < 1.29 is 9.47 Å². The number of ether oxygens (including phenoxy) is 2. The van der Waals surface area contributed by atoms with Crippen LogP contribution >= 0.6 is 0 Å². The van der Waals surface area contributed by atoms with E-state index in [0.717, 1.165) is 36.9 Å². The summed E-state index contributed by atoms with van der Waals surface area (Å²) in [6.45, 7) is 6.55. The van der Waals surface area contributed by atoms with Crippen molar-refractivity contribution in [1.29, 1.82) is 0 Å². The van der Waals surface area contributed by atoms with Crippen LogP contribution in [0.15, 0.2) is 23.2 Å². The second-order valence-electron chi connectivity index (χ2n) is 6.12. The van der Waals surface area contributed by atoms with Gasteiger partial charge in [0.05, 0.1) is 19.9 Å². The van der Waals surface area contributed by atoms with Gasteiger partial charge in [-0.15, -0.1) is 0 Å². The van der Waals surface area contributed by atoms with Gasteiger partial charge in [-0.05, 0) is 56.9 Å². The Labute approximate surface area is 145 Å². The minimum absolute atomic E-state index is 0.410. The molecule has 3 N–H and O–H groups in total. The van der Waals surface area contributed by atoms with E-state index in [0.29, 0.717) is 11.7 Å². The highest BCUT2D eigenvalue weighted by atomic mass is 16.5. The Balaban J connectivity index is 1.84. The summed E-state index contributed by atoms with van der Waals surface area (Å²) in [4.78, 5) is 6.96. The minimum Gasteiger partial charge on any atom is -0.497 e. The van der Waals surface area contributed by atoms with Gasteiger partial charge in [-0.3, -0.25) is 4.99 Å². The van der Waals surface area contributed by atoms with Crippen molar-refractivity contribution in [2.75, 3.05) is 45.7 Å². The first-order valence-corrected chi connectivity index (χ1v) is 8.67. The van der Waals surface area contributed by atoms with Crippen molar-refractivity contribution in [2.24, 2.45) is 16.6 Å². The van der Waals surface area contributed by atoms with Crippen LogP contribution in [0.1, 0.15) is 26.2 Å². The molecule has 0 amide bonds. The Morgan fingerprint density at radius 1 is 1.29 bits per heavy atom. The van der Waals surface area contributed by atoms with Gasteiger partial charge in [0, 0.05) is 12.6 Å². The molecule has 6 nitrogen and oxygen atoms in total. The molecule has 1 aliphatic heterocycles. The minimum atomic E-state index is 0.410. The maximum absolute atomic E-state index is 6.01. The molecule has 0 atom stereocenters. The van der Waals surface area contributed by atoms with Gasteiger partial charge in [0.1, 0.15) is 11.5 Å². The van der Waals surface area contributed by atoms with Crippen LogP contribution in [0.5, 0.6) is 11.5 Å². The fourth-order valence-corrected chi connectivity index (χ4v) is 3.05. The van der Waals surface area contributed by atoms with Crippen molar-refractivity contribution in [2.45, 2.75) is 26.2 Å². The predicted octanol–water partition coefficient (Wildman–Crippen LogP) is 2.55. The van der Waals surface area contributed by atoms with Gasteiger partial charge in [0.2, 0.25) is 0 Å². The smallest absolute Gasteiger partial charge is 0.193 e. The molecule has 1 aromatic carbocycles. The zero-order valence-corrected chi connectivity index (χ0v) is 15.0. The van der Waals surface area contributed by atoms with E-state index >= 15 is 0 Å². The molecule has 2 rings (SSSR count). The van der Waals surface area contributed by atoms with E-state index < -0.39 is 0 Å². The third-order valence-electron chi connectivity index (χ3n) is 4.64. The number of hydrogen-bond acceptors (Lipinski definition) is 4. The molecule has 0 spiro atoms. The van der Waals surface area contributed by atoms with Gasteiger partial charge in [0.25, 0.3) is 0 Å². The molecule has 6 heteroatoms. The number of likely N-dealkylation sites (tertiary alicyclic amines) is 1. The summed E-state index contributed by atoms with van der Waals surface area (Å²) in [5, 5.41) is 3.10. The van der Waals surface area contributed by atoms with Crippen molar-refractivity contribution in [3.8, 4) is 11.5 Å². The van der Waals surface area contributed by atoms with Crippen molar-refractivity contribution >= 4 is 11.6 Å². The van der Waals surface area contributed by atoms with Gasteiger partial charge < -0.3 is 25.4 Å². The molecule has 0 unspecified atom stereocenters. The zero-order chi connectivity index (χ0) is 17.4. The second-order valence-corrected chi connectivity index (χ2v) is 6.12. The molecule has 1 heterocycles. The number of anilines is 1. The Hall–Kier alpha value is -1.95. The Morgan fingerprint density at radius 2 is 2.04 bits per heavy atom. The lowest BCUT2D eigenvalue weighted by Gasteiger charge is -2.30. The summed E-state index contributed by atoms with van der Waals surface area (Å²) < 4.78 is 10.6. The average molecular weight is 334 g/mol. The van der Waals surface area contributed by atoms with E-state index in [1.54, 1.807) is 14.2 Å². The van der Waals surface area contributed by atoms with Gasteiger partial charge in [-0.1, -0.05) is 6.92 Å². The van der Waals surface area contributed by atoms with Crippen molar-refractivity contribution in [1.82, 2.24) is 4.90 Å². The van der Waals surface area contributed by atoms with E-state index in [1.165, 1.54) is 25.9 Å². The van der Waals surface area contributed by atoms with Crippen molar-refractivity contribution in [3.05, 3.63) is 18.2 Å². The molecule has 1 aromatic rings. The second kappa shape index (κ2) is 9.37. The maximum atomic E-state index is 6.01. The molecule has 0 aromatic heterocycles. The molecular weight excluding hydrogens is 304 g/mol. The zero-order valence-electron chi connectivity index (χ0n) is 15.0. The van der Waals surface area contributed by atoms with Gasteiger partial charge >= 0.3 is 0 Å². The molecule has 0 saturated carbocycles. The molecule has 1 fully saturated rings. The average Bonchev–Trinajstić information content (AvgIpc) is 2.62. The van der Waals surface area contributed by atoms with Gasteiger partial charge in [-0.2, -0.15) is 0 Å². The van der Waals surface area contributed by atoms with Gasteiger partial charge in [0.15, 0.2) is 5.96 Å². The fraction of sp³-hybridized carbons (Fsp3) is 0.611. The Morgan fingerprint density at radius 3 is 2.67 bits per heavy atom. The first kappa shape index (κ1) is 18.4. The van der Waals surface area contributed by atoms with Crippen LogP contribution in [0.2, 0.25) is 0 Å². The van der Waals surface area contributed by atoms with Crippen LogP contribution in [0.3, 0.4) is 0 Å². The van der Waals surface area contributed by atoms with Crippen LogP contribution in [-0.4, -0.2) is 51.3 Å². The number of nitrogens with two attached hydrogens (primary N) is 1. The fourth-order valence-electron chi connectivity index (χ4n) is 3.05. The van der Waals surface area contributed by atoms with E-state index in [9.17, 15) is 0 Å². The number of benzene rings is 1. The summed E-state index contributed by atoms with van der Waals surface area (Å²) in [5.41, 5.74) is 6.77. The highest BCUT2D eigenvalue weighted by molar-refractivity contribution is 5.93. The molecule has 134 valence electrons. The van der Waals surface area contributed by atoms with Crippen LogP contribution in [0.25, 0.3) is 0 Å². The topological polar surface area (TPSA) is 72.1 Å². The molecule has 1 saturated heterocycles. The quantitative estimate of drug-likeness (QED) is 0.592. The Kier molecular flexibility index (Phi) is 7.18. The summed E-state index contributed by atoms with van der Waals surface area (Å²) in [6, 6.07) is 5.54. The largest absolute Gasteiger partial charge is 0.497 e. The number of hydrogen-bond donors (Lipinski definition) is 2. The summed E-state index contributed by atoms with van der Waals surface area (Å²) in [7, 11) is 3.26. The van der Waals surface area contributed by atoms with Crippen LogP contribution in [0.4, 0.5) is 5.69 Å². The molecule has 1 aliphatic rings. The van der Waals surface area contributed by atoms with E-state index in [-0.39, 0.29) is 0 Å². The number of piperidine rings is 1. The monoisotopic (exact) mass is 334 g/mol. The van der Waals surface area contributed by atoms with Crippen LogP contribution in [0, 0.1) is 5.92 Å². The van der Waals surface area contributed by atoms with Crippen LogP contribution < -0.4 is 20.5 Å². The SMILES string of the molecule is CCN1CCC(CCN=C(N)Nc2cc(OC)ccc2OC)CC1. The molecule has 0 aliphatic carbocycles. The molecule has 24 heavy (non-hydrogen) atoms. The molecule has 0 bridgehead atoms. The normalized spacial score (nSPS) is 16.9. The van der Waals surface area contributed by atoms with E-state index in [4.69, 9.17) is 15.2 Å². The van der Waals surface area contributed by atoms with Crippen molar-refractivity contribution in [3.63, 3.8) is 0 Å². The van der Waals surface area contributed by atoms with E-state index in [2.05, 4.69) is 22.1 Å². The highest BCUT2D eigenvalue weighted by Gasteiger charge is 2.17. The first-order valence-electron chi connectivity index (χ1n) is 8.67. The van der Waals surface area contributed by atoms with Crippen LogP contribution in [-0.2, 0) is 0 Å². The standard InChI is InChI=1S/C18H30N4O2/c1-4-22-11-8-14(9-12-22)7-10-20-18(19)21-16-13-15(23-2)5-6-17(16)24-3/h5-6,13-14H,4,7-12H2,1-3H3,(H3,19,20,21). The number of nitrogens with one attached hydrogen (secondary N) is 1. The lowest BCUT2D eigenvalue weighted by molar-refractivity contribution is 0.188. The molecule has 0 radical (unpaired) electrons. The number of methoxy groups -OCH3 is 2. The number of guanidine groups is 1. The maximum Gasteiger partial charge on any atom is 0.193 e. The predicted molar refractivity (Wildman–Crippen MR) is 99.1 cm³/mol. The summed E-state index contributed by atoms with van der Waals surface area (Å²) in [5.74, 6) is 2.62. The van der Waals surface area contributed by atoms with Gasteiger partial charge in [-0.25, -0.2) is 0 Å². The van der Waals surface area contributed by atoms with E-state index in [1.807, 2.05) is 18.2 Å². The highest BCUT2D eigenvalue weighted by Crippen LogP contribution is 2.28. The Bertz CT molecular complexity index is 540. The third-order valence-corrected chi connectivity index (χ3v) is 4.64. The summed E-state index contributed by atoms with van der Waals surface area (Å²) in [6.07, 6.45) is 3.62. The first-order chi connectivity index (χ1) is 11.7. The number of rotatable bonds is 7. The molecular formula is C18H30N4O2.